The van der Waals surface area contributed by atoms with Crippen molar-refractivity contribution in [3.8, 4) is 0 Å². The Labute approximate surface area is 164 Å². The zero-order valence-corrected chi connectivity index (χ0v) is 16.6. The normalized spacial score (nSPS) is 22.1. The summed E-state index contributed by atoms with van der Waals surface area (Å²) in [5.74, 6) is 1.78. The van der Waals surface area contributed by atoms with Gasteiger partial charge in [0, 0.05) is 25.9 Å². The molecule has 7 nitrogen and oxygen atoms in total. The molecule has 0 aliphatic heterocycles. The third kappa shape index (κ3) is 3.09. The van der Waals surface area contributed by atoms with Crippen LogP contribution in [-0.4, -0.2) is 54.2 Å². The number of carbonyl (C=O) groups excluding carboxylic acids is 1. The Morgan fingerprint density at radius 1 is 1.32 bits per heavy atom. The summed E-state index contributed by atoms with van der Waals surface area (Å²) in [5, 5.41) is 10.9. The molecule has 2 heterocycles. The lowest BCUT2D eigenvalue weighted by atomic mass is 10.1. The van der Waals surface area contributed by atoms with E-state index in [4.69, 9.17) is 0 Å². The lowest BCUT2D eigenvalue weighted by Gasteiger charge is -2.29. The second kappa shape index (κ2) is 7.39. The number of aliphatic hydroxyl groups excluding tert-OH is 1. The fourth-order valence-corrected chi connectivity index (χ4v) is 4.41. The van der Waals surface area contributed by atoms with Crippen molar-refractivity contribution >= 4 is 16.9 Å². The largest absolute Gasteiger partial charge is 0.389 e. The number of imidazole rings is 2. The van der Waals surface area contributed by atoms with Gasteiger partial charge in [0.05, 0.1) is 29.2 Å². The molecule has 0 spiro atoms. The molecule has 1 aliphatic carbocycles. The van der Waals surface area contributed by atoms with E-state index >= 15 is 0 Å². The first kappa shape index (κ1) is 18.7. The average Bonchev–Trinajstić information content (AvgIpc) is 3.38. The van der Waals surface area contributed by atoms with Gasteiger partial charge in [0.25, 0.3) is 0 Å². The first-order valence-electron chi connectivity index (χ1n) is 9.88. The molecule has 0 radical (unpaired) electrons. The molecule has 1 aliphatic rings. The first-order chi connectivity index (χ1) is 13.5. The molecule has 1 N–H and O–H groups in total. The molecule has 1 amide bonds. The number of hydrogen-bond acceptors (Lipinski definition) is 4. The first-order valence-corrected chi connectivity index (χ1v) is 9.88. The molecule has 1 saturated carbocycles. The van der Waals surface area contributed by atoms with E-state index in [1.54, 1.807) is 18.1 Å². The van der Waals surface area contributed by atoms with E-state index in [0.29, 0.717) is 0 Å². The van der Waals surface area contributed by atoms with Crippen molar-refractivity contribution in [2.45, 2.75) is 57.8 Å². The van der Waals surface area contributed by atoms with E-state index < -0.39 is 6.10 Å². The standard InChI is InChI=1S/C21H27N5O2/c1-4-19-23-15-7-5-6-8-16(15)26(19)13-20(27)24(3)17-9-10-18(21(17)28)25-12-11-22-14(25)2/h5-8,11-12,17-18,21,28H,4,9-10,13H2,1-3H3/t17-,18-,21-/m1/s1. The lowest BCUT2D eigenvalue weighted by Crippen LogP contribution is -2.44. The second-order valence-electron chi connectivity index (χ2n) is 7.55. The lowest BCUT2D eigenvalue weighted by molar-refractivity contribution is -0.134. The molecule has 148 valence electrons. The van der Waals surface area contributed by atoms with Gasteiger partial charge in [0.1, 0.15) is 18.2 Å². The monoisotopic (exact) mass is 381 g/mol. The van der Waals surface area contributed by atoms with E-state index in [0.717, 1.165) is 41.9 Å². The molecule has 4 rings (SSSR count). The van der Waals surface area contributed by atoms with Crippen molar-refractivity contribution in [2.75, 3.05) is 7.05 Å². The van der Waals surface area contributed by atoms with E-state index in [-0.39, 0.29) is 24.5 Å². The minimum atomic E-state index is -0.605. The summed E-state index contributed by atoms with van der Waals surface area (Å²) in [6.45, 7) is 4.22. The van der Waals surface area contributed by atoms with Gasteiger partial charge in [-0.1, -0.05) is 19.1 Å². The third-order valence-electron chi connectivity index (χ3n) is 6.00. The molecular formula is C21H27N5O2. The van der Waals surface area contributed by atoms with Gasteiger partial charge in [-0.15, -0.1) is 0 Å². The summed E-state index contributed by atoms with van der Waals surface area (Å²) >= 11 is 0. The average molecular weight is 381 g/mol. The van der Waals surface area contributed by atoms with E-state index in [1.165, 1.54) is 0 Å². The van der Waals surface area contributed by atoms with Gasteiger partial charge in [0.15, 0.2) is 0 Å². The number of benzene rings is 1. The summed E-state index contributed by atoms with van der Waals surface area (Å²) in [4.78, 5) is 23.7. The molecule has 28 heavy (non-hydrogen) atoms. The molecule has 3 atom stereocenters. The summed E-state index contributed by atoms with van der Waals surface area (Å²) in [5.41, 5.74) is 1.88. The van der Waals surface area contributed by atoms with Gasteiger partial charge < -0.3 is 19.1 Å². The van der Waals surface area contributed by atoms with Gasteiger partial charge in [-0.05, 0) is 31.9 Å². The molecule has 0 bridgehead atoms. The van der Waals surface area contributed by atoms with Crippen LogP contribution in [0.15, 0.2) is 36.7 Å². The van der Waals surface area contributed by atoms with Gasteiger partial charge in [-0.2, -0.15) is 0 Å². The van der Waals surface area contributed by atoms with Crippen molar-refractivity contribution in [3.05, 3.63) is 48.3 Å². The van der Waals surface area contributed by atoms with Crippen molar-refractivity contribution < 1.29 is 9.90 Å². The van der Waals surface area contributed by atoms with Gasteiger partial charge in [0.2, 0.25) is 5.91 Å². The number of nitrogens with zero attached hydrogens (tertiary/aromatic N) is 5. The molecular weight excluding hydrogens is 354 g/mol. The Hall–Kier alpha value is -2.67. The number of amides is 1. The molecule has 3 aromatic rings. The third-order valence-corrected chi connectivity index (χ3v) is 6.00. The Bertz CT molecular complexity index is 992. The van der Waals surface area contributed by atoms with Crippen LogP contribution in [0.25, 0.3) is 11.0 Å². The maximum absolute atomic E-state index is 13.1. The van der Waals surface area contributed by atoms with Crippen molar-refractivity contribution in [1.82, 2.24) is 24.0 Å². The number of aryl methyl sites for hydroxylation is 2. The van der Waals surface area contributed by atoms with Gasteiger partial charge >= 0.3 is 0 Å². The minimum Gasteiger partial charge on any atom is -0.389 e. The van der Waals surface area contributed by atoms with Crippen molar-refractivity contribution in [1.29, 1.82) is 0 Å². The molecule has 1 aromatic carbocycles. The Morgan fingerprint density at radius 3 is 2.82 bits per heavy atom. The highest BCUT2D eigenvalue weighted by Gasteiger charge is 2.40. The number of rotatable bonds is 5. The van der Waals surface area contributed by atoms with Crippen LogP contribution in [-0.2, 0) is 17.8 Å². The van der Waals surface area contributed by atoms with Gasteiger partial charge in [-0.25, -0.2) is 9.97 Å². The number of para-hydroxylation sites is 2. The zero-order valence-electron chi connectivity index (χ0n) is 16.6. The van der Waals surface area contributed by atoms with Crippen LogP contribution < -0.4 is 0 Å². The summed E-state index contributed by atoms with van der Waals surface area (Å²) in [6, 6.07) is 7.66. The number of aromatic nitrogens is 4. The summed E-state index contributed by atoms with van der Waals surface area (Å²) in [7, 11) is 1.80. The predicted octanol–water partition coefficient (Wildman–Crippen LogP) is 2.33. The number of aliphatic hydroxyl groups is 1. The minimum absolute atomic E-state index is 0.00935. The van der Waals surface area contributed by atoms with Crippen LogP contribution in [0.3, 0.4) is 0 Å². The SMILES string of the molecule is CCc1nc2ccccc2n1CC(=O)N(C)[C@@H]1CC[C@@H](n2ccnc2C)[C@@H]1O. The summed E-state index contributed by atoms with van der Waals surface area (Å²) in [6.07, 6.45) is 5.41. The maximum Gasteiger partial charge on any atom is 0.242 e. The number of hydrogen-bond donors (Lipinski definition) is 1. The molecule has 7 heteroatoms. The van der Waals surface area contributed by atoms with Crippen LogP contribution >= 0.6 is 0 Å². The summed E-state index contributed by atoms with van der Waals surface area (Å²) < 4.78 is 4.01. The Balaban J connectivity index is 1.52. The van der Waals surface area contributed by atoms with Crippen LogP contribution in [0.4, 0.5) is 0 Å². The van der Waals surface area contributed by atoms with Crippen molar-refractivity contribution in [3.63, 3.8) is 0 Å². The van der Waals surface area contributed by atoms with E-state index in [2.05, 4.69) is 9.97 Å². The molecule has 1 fully saturated rings. The maximum atomic E-state index is 13.1. The highest BCUT2D eigenvalue weighted by molar-refractivity contribution is 5.81. The zero-order chi connectivity index (χ0) is 19.8. The second-order valence-corrected chi connectivity index (χ2v) is 7.55. The van der Waals surface area contributed by atoms with E-state index in [1.807, 2.05) is 53.4 Å². The highest BCUT2D eigenvalue weighted by Crippen LogP contribution is 2.34. The van der Waals surface area contributed by atoms with Crippen LogP contribution in [0, 0.1) is 6.92 Å². The molecule has 0 unspecified atom stereocenters. The molecule has 2 aromatic heterocycles. The van der Waals surface area contributed by atoms with E-state index in [9.17, 15) is 9.90 Å². The Morgan fingerprint density at radius 2 is 2.11 bits per heavy atom. The van der Waals surface area contributed by atoms with Crippen LogP contribution in [0.2, 0.25) is 0 Å². The number of fused-ring (bicyclic) bond motifs is 1. The fourth-order valence-electron chi connectivity index (χ4n) is 4.41. The van der Waals surface area contributed by atoms with Crippen LogP contribution in [0.1, 0.15) is 37.5 Å². The predicted molar refractivity (Wildman–Crippen MR) is 107 cm³/mol. The Kier molecular flexibility index (Phi) is 4.93. The topological polar surface area (TPSA) is 76.2 Å². The van der Waals surface area contributed by atoms with Gasteiger partial charge in [-0.3, -0.25) is 4.79 Å². The number of carbonyl (C=O) groups is 1. The quantitative estimate of drug-likeness (QED) is 0.736. The molecule has 0 saturated heterocycles. The number of likely N-dealkylation sites (N-methyl/N-ethyl adjacent to an activating group) is 1. The highest BCUT2D eigenvalue weighted by atomic mass is 16.3. The van der Waals surface area contributed by atoms with Crippen molar-refractivity contribution in [2.24, 2.45) is 0 Å². The smallest absolute Gasteiger partial charge is 0.242 e. The fraction of sp³-hybridized carbons (Fsp3) is 0.476. The van der Waals surface area contributed by atoms with Crippen LogP contribution in [0.5, 0.6) is 0 Å².